The first-order valence-corrected chi connectivity index (χ1v) is 2.32. The quantitative estimate of drug-likeness (QED) is 0.384. The Labute approximate surface area is 38.6 Å². The predicted octanol–water partition coefficient (Wildman–Crippen LogP) is 1.28. The summed E-state index contributed by atoms with van der Waals surface area (Å²) in [6.45, 7) is 4.31. The fourth-order valence-electron chi connectivity index (χ4n) is 0.417. The van der Waals surface area contributed by atoms with Gasteiger partial charge in [0.15, 0.2) is 0 Å². The lowest BCUT2D eigenvalue weighted by Gasteiger charge is -2.13. The Morgan fingerprint density at radius 1 is 1.00 bits per heavy atom. The van der Waals surface area contributed by atoms with Gasteiger partial charge in [-0.2, -0.15) is 0 Å². The minimum Gasteiger partial charge on any atom is -0.0986 e. The fourth-order valence-corrected chi connectivity index (χ4v) is 0.417. The van der Waals surface area contributed by atoms with Crippen LogP contribution in [-0.4, -0.2) is 0 Å². The molecule has 1 aliphatic rings. The van der Waals surface area contributed by atoms with Gasteiger partial charge in [0.2, 0.25) is 0 Å². The molecule has 0 heteroatoms. The third kappa shape index (κ3) is 0.318. The second kappa shape index (κ2) is 1.01. The van der Waals surface area contributed by atoms with Crippen LogP contribution in [0.15, 0.2) is 0 Å². The summed E-state index contributed by atoms with van der Waals surface area (Å²) >= 11 is 0. The van der Waals surface area contributed by atoms with Crippen molar-refractivity contribution in [2.75, 3.05) is 0 Å². The van der Waals surface area contributed by atoms with Crippen LogP contribution >= 0.6 is 0 Å². The first-order valence-electron chi connectivity index (χ1n) is 2.32. The first kappa shape index (κ1) is 3.74. The van der Waals surface area contributed by atoms with E-state index >= 15 is 0 Å². The number of rotatable bonds is 0. The van der Waals surface area contributed by atoms with E-state index in [2.05, 4.69) is 25.7 Å². The lowest BCUT2D eigenvalue weighted by Crippen LogP contribution is -2.10. The van der Waals surface area contributed by atoms with Gasteiger partial charge in [-0.15, -0.1) is 0 Å². The molecule has 2 unspecified atom stereocenters. The fraction of sp³-hybridized carbons (Fsp3) is 0.667. The van der Waals surface area contributed by atoms with E-state index in [0.717, 1.165) is 0 Å². The normalized spacial score (nSPS) is 39.7. The summed E-state index contributed by atoms with van der Waals surface area (Å²) in [5, 5.41) is 0. The molecule has 32 valence electrons. The van der Waals surface area contributed by atoms with Crippen LogP contribution in [-0.2, 0) is 0 Å². The maximum atomic E-state index is 3.01. The third-order valence-corrected chi connectivity index (χ3v) is 1.29. The smallest absolute Gasteiger partial charge is 0.0309 e. The molecule has 0 aromatic heterocycles. The zero-order valence-electron chi connectivity index (χ0n) is 4.15. The summed E-state index contributed by atoms with van der Waals surface area (Å²) in [4.78, 5) is 0. The lowest BCUT2D eigenvalue weighted by molar-refractivity contribution is 0.557. The molecular weight excluding hydrogens is 72.1 g/mol. The zero-order chi connectivity index (χ0) is 4.57. The number of hydrogen-bond donors (Lipinski definition) is 0. The molecule has 0 aliphatic heterocycles. The summed E-state index contributed by atoms with van der Waals surface area (Å²) in [5.74, 6) is 7.36. The molecule has 0 heterocycles. The van der Waals surface area contributed by atoms with Gasteiger partial charge in [-0.05, 0) is 0 Å². The van der Waals surface area contributed by atoms with E-state index in [1.54, 1.807) is 0 Å². The van der Waals surface area contributed by atoms with E-state index in [4.69, 9.17) is 0 Å². The molecule has 0 amide bonds. The monoisotopic (exact) mass is 80.1 g/mol. The van der Waals surface area contributed by atoms with Gasteiger partial charge in [-0.3, -0.25) is 0 Å². The van der Waals surface area contributed by atoms with Crippen LogP contribution < -0.4 is 0 Å². The van der Waals surface area contributed by atoms with Crippen LogP contribution in [0.1, 0.15) is 13.8 Å². The van der Waals surface area contributed by atoms with Crippen molar-refractivity contribution in [3.05, 3.63) is 0 Å². The molecule has 0 aromatic carbocycles. The van der Waals surface area contributed by atoms with E-state index in [0.29, 0.717) is 11.8 Å². The van der Waals surface area contributed by atoms with Crippen molar-refractivity contribution >= 4 is 0 Å². The van der Waals surface area contributed by atoms with E-state index in [9.17, 15) is 0 Å². The lowest BCUT2D eigenvalue weighted by atomic mass is 9.89. The predicted molar refractivity (Wildman–Crippen MR) is 26.1 cm³/mol. The Balaban J connectivity index is 2.55. The summed E-state index contributed by atoms with van der Waals surface area (Å²) in [6.07, 6.45) is 0. The standard InChI is InChI=1S/C6H8/c1-5-3-4-6(5)2/h5-6H,1-2H3. The van der Waals surface area contributed by atoms with E-state index in [1.807, 2.05) is 0 Å². The highest BCUT2D eigenvalue weighted by Gasteiger charge is 2.11. The largest absolute Gasteiger partial charge is 0.0986 e. The minimum absolute atomic E-state index is 0.671. The van der Waals surface area contributed by atoms with Gasteiger partial charge in [0.1, 0.15) is 0 Å². The van der Waals surface area contributed by atoms with Gasteiger partial charge in [0.25, 0.3) is 0 Å². The maximum Gasteiger partial charge on any atom is 0.0309 e. The number of hydrogen-bond acceptors (Lipinski definition) is 0. The summed E-state index contributed by atoms with van der Waals surface area (Å²) in [5.41, 5.74) is 0. The summed E-state index contributed by atoms with van der Waals surface area (Å²) in [7, 11) is 0. The molecule has 2 atom stereocenters. The molecule has 0 saturated heterocycles. The molecule has 1 aliphatic carbocycles. The molecular formula is C6H8. The Morgan fingerprint density at radius 3 is 1.33 bits per heavy atom. The summed E-state index contributed by atoms with van der Waals surface area (Å²) < 4.78 is 0. The van der Waals surface area contributed by atoms with Crippen molar-refractivity contribution in [2.24, 2.45) is 11.8 Å². The van der Waals surface area contributed by atoms with E-state index in [-0.39, 0.29) is 0 Å². The SMILES string of the molecule is CC1C#CC1C. The van der Waals surface area contributed by atoms with Crippen molar-refractivity contribution in [1.82, 2.24) is 0 Å². The van der Waals surface area contributed by atoms with Gasteiger partial charge in [0, 0.05) is 11.8 Å². The Morgan fingerprint density at radius 2 is 1.33 bits per heavy atom. The maximum absolute atomic E-state index is 3.01. The average Bonchev–Trinajstić information content (AvgIpc) is 1.61. The molecule has 0 bridgehead atoms. The van der Waals surface area contributed by atoms with Crippen molar-refractivity contribution in [3.63, 3.8) is 0 Å². The minimum atomic E-state index is 0.671. The zero-order valence-corrected chi connectivity index (χ0v) is 4.15. The van der Waals surface area contributed by atoms with Crippen LogP contribution in [0.25, 0.3) is 0 Å². The van der Waals surface area contributed by atoms with Gasteiger partial charge in [0.05, 0.1) is 0 Å². The van der Waals surface area contributed by atoms with Crippen LogP contribution in [0.3, 0.4) is 0 Å². The van der Waals surface area contributed by atoms with Crippen LogP contribution in [0.5, 0.6) is 0 Å². The molecule has 6 heavy (non-hydrogen) atoms. The Bertz CT molecular complexity index is 90.9. The van der Waals surface area contributed by atoms with Gasteiger partial charge in [-0.25, -0.2) is 0 Å². The topological polar surface area (TPSA) is 0 Å². The molecule has 0 radical (unpaired) electrons. The van der Waals surface area contributed by atoms with Crippen molar-refractivity contribution < 1.29 is 0 Å². The van der Waals surface area contributed by atoms with Gasteiger partial charge < -0.3 is 0 Å². The Hall–Kier alpha value is -0.440. The highest BCUT2D eigenvalue weighted by Crippen LogP contribution is 2.14. The Kier molecular flexibility index (Phi) is 0.630. The van der Waals surface area contributed by atoms with Crippen LogP contribution in [0, 0.1) is 23.7 Å². The average molecular weight is 80.1 g/mol. The van der Waals surface area contributed by atoms with Crippen molar-refractivity contribution in [2.45, 2.75) is 13.8 Å². The van der Waals surface area contributed by atoms with Crippen LogP contribution in [0.2, 0.25) is 0 Å². The highest BCUT2D eigenvalue weighted by atomic mass is 14.1. The van der Waals surface area contributed by atoms with Crippen LogP contribution in [0.4, 0.5) is 0 Å². The van der Waals surface area contributed by atoms with E-state index < -0.39 is 0 Å². The molecule has 0 spiro atoms. The van der Waals surface area contributed by atoms with E-state index in [1.165, 1.54) is 0 Å². The molecule has 0 saturated carbocycles. The molecule has 0 N–H and O–H groups in total. The second-order valence-electron chi connectivity index (χ2n) is 1.87. The molecule has 0 nitrogen and oxygen atoms in total. The molecule has 1 rings (SSSR count). The molecule has 0 fully saturated rings. The molecule has 0 aromatic rings. The second-order valence-corrected chi connectivity index (χ2v) is 1.87. The third-order valence-electron chi connectivity index (χ3n) is 1.29. The van der Waals surface area contributed by atoms with Gasteiger partial charge >= 0.3 is 0 Å². The summed E-state index contributed by atoms with van der Waals surface area (Å²) in [6, 6.07) is 0. The first-order chi connectivity index (χ1) is 2.80. The van der Waals surface area contributed by atoms with Gasteiger partial charge in [-0.1, -0.05) is 25.7 Å². The highest BCUT2D eigenvalue weighted by molar-refractivity contribution is 5.19. The van der Waals surface area contributed by atoms with Crippen molar-refractivity contribution in [1.29, 1.82) is 0 Å². The van der Waals surface area contributed by atoms with Crippen molar-refractivity contribution in [3.8, 4) is 11.8 Å².